The Morgan fingerprint density at radius 2 is 2.27 bits per heavy atom. The second kappa shape index (κ2) is 6.00. The first-order valence-corrected chi connectivity index (χ1v) is 4.50. The summed E-state index contributed by atoms with van der Waals surface area (Å²) in [6.07, 6.45) is 4.28. The maximum absolute atomic E-state index is 11.2. The fraction of sp³-hybridized carbons (Fsp3) is 0.300. The van der Waals surface area contributed by atoms with Crippen molar-refractivity contribution in [3.05, 3.63) is 30.2 Å². The van der Waals surface area contributed by atoms with Gasteiger partial charge in [0.15, 0.2) is 0 Å². The van der Waals surface area contributed by atoms with Gasteiger partial charge in [-0.05, 0) is 18.2 Å². The number of hydrogen-bond acceptors (Lipinski definition) is 4. The molecule has 0 aliphatic carbocycles. The van der Waals surface area contributed by atoms with Crippen molar-refractivity contribution in [3.63, 3.8) is 0 Å². The van der Waals surface area contributed by atoms with Crippen LogP contribution in [0.4, 0.5) is 0 Å². The van der Waals surface area contributed by atoms with Crippen LogP contribution >= 0.6 is 0 Å². The zero-order valence-electron chi connectivity index (χ0n) is 8.09. The second-order valence-corrected chi connectivity index (χ2v) is 2.92. The van der Waals surface area contributed by atoms with Gasteiger partial charge in [-0.15, -0.1) is 0 Å². The molecule has 0 aliphatic rings. The number of carbonyl (C=O) groups is 1. The van der Waals surface area contributed by atoms with E-state index in [0.29, 0.717) is 5.76 Å². The summed E-state index contributed by atoms with van der Waals surface area (Å²) in [7, 11) is 0. The summed E-state index contributed by atoms with van der Waals surface area (Å²) >= 11 is 0. The normalized spacial score (nSPS) is 11.1. The molecule has 1 aromatic heterocycles. The van der Waals surface area contributed by atoms with Crippen molar-refractivity contribution in [2.75, 3.05) is 13.2 Å². The molecule has 0 unspecified atom stereocenters. The van der Waals surface area contributed by atoms with Crippen LogP contribution in [0.5, 0.6) is 0 Å². The molecule has 82 valence electrons. The molecule has 0 fully saturated rings. The Balaban J connectivity index is 2.42. The molecule has 3 N–H and O–H groups in total. The Kier molecular flexibility index (Phi) is 4.59. The topological polar surface area (TPSA) is 82.7 Å². The van der Waals surface area contributed by atoms with Crippen molar-refractivity contribution < 1.29 is 19.4 Å². The molecule has 1 amide bonds. The van der Waals surface area contributed by atoms with Crippen LogP contribution in [0.15, 0.2) is 28.9 Å². The number of rotatable bonds is 5. The van der Waals surface area contributed by atoms with E-state index in [0.717, 1.165) is 0 Å². The molecular weight excluding hydrogens is 198 g/mol. The lowest BCUT2D eigenvalue weighted by Crippen LogP contribution is -2.39. The van der Waals surface area contributed by atoms with Gasteiger partial charge in [-0.3, -0.25) is 4.79 Å². The van der Waals surface area contributed by atoms with E-state index < -0.39 is 6.04 Å². The minimum atomic E-state index is -0.626. The number of furan rings is 1. The van der Waals surface area contributed by atoms with E-state index in [1.807, 2.05) is 0 Å². The van der Waals surface area contributed by atoms with Gasteiger partial charge in [0.05, 0.1) is 25.5 Å². The fourth-order valence-electron chi connectivity index (χ4n) is 0.942. The smallest absolute Gasteiger partial charge is 0.244 e. The average Bonchev–Trinajstić information content (AvgIpc) is 2.75. The molecule has 15 heavy (non-hydrogen) atoms. The SMILES string of the molecule is O=C(C=Cc1ccco1)NC(CO)CO. The molecule has 0 saturated carbocycles. The zero-order valence-corrected chi connectivity index (χ0v) is 8.09. The largest absolute Gasteiger partial charge is 0.465 e. The third-order valence-corrected chi connectivity index (χ3v) is 1.73. The first-order chi connectivity index (χ1) is 7.26. The van der Waals surface area contributed by atoms with Crippen LogP contribution in [-0.2, 0) is 4.79 Å². The van der Waals surface area contributed by atoms with Gasteiger partial charge in [0.1, 0.15) is 5.76 Å². The number of hydrogen-bond donors (Lipinski definition) is 3. The predicted molar refractivity (Wildman–Crippen MR) is 53.8 cm³/mol. The van der Waals surface area contributed by atoms with Crippen LogP contribution in [0.2, 0.25) is 0 Å². The molecule has 5 nitrogen and oxygen atoms in total. The molecular formula is C10H13NO4. The lowest BCUT2D eigenvalue weighted by atomic mass is 10.3. The van der Waals surface area contributed by atoms with E-state index in [4.69, 9.17) is 14.6 Å². The van der Waals surface area contributed by atoms with Crippen LogP contribution in [0, 0.1) is 0 Å². The first kappa shape index (κ1) is 11.5. The van der Waals surface area contributed by atoms with Gasteiger partial charge >= 0.3 is 0 Å². The van der Waals surface area contributed by atoms with Crippen molar-refractivity contribution in [3.8, 4) is 0 Å². The van der Waals surface area contributed by atoms with Gasteiger partial charge in [-0.25, -0.2) is 0 Å². The highest BCUT2D eigenvalue weighted by atomic mass is 16.3. The summed E-state index contributed by atoms with van der Waals surface area (Å²) in [5, 5.41) is 19.8. The summed E-state index contributed by atoms with van der Waals surface area (Å²) in [6, 6.07) is 2.79. The van der Waals surface area contributed by atoms with Gasteiger partial charge in [0, 0.05) is 6.08 Å². The molecule has 0 bridgehead atoms. The van der Waals surface area contributed by atoms with Gasteiger partial charge in [-0.2, -0.15) is 0 Å². The fourth-order valence-corrected chi connectivity index (χ4v) is 0.942. The number of carbonyl (C=O) groups excluding carboxylic acids is 1. The number of aliphatic hydroxyl groups is 2. The summed E-state index contributed by atoms with van der Waals surface area (Å²) in [5.41, 5.74) is 0. The number of nitrogens with one attached hydrogen (secondary N) is 1. The van der Waals surface area contributed by atoms with Gasteiger partial charge in [0.2, 0.25) is 5.91 Å². The first-order valence-electron chi connectivity index (χ1n) is 4.50. The molecule has 1 aromatic rings. The van der Waals surface area contributed by atoms with Gasteiger partial charge in [-0.1, -0.05) is 0 Å². The quantitative estimate of drug-likeness (QED) is 0.587. The van der Waals surface area contributed by atoms with Crippen LogP contribution in [0.3, 0.4) is 0 Å². The second-order valence-electron chi connectivity index (χ2n) is 2.92. The minimum absolute atomic E-state index is 0.295. The Bertz CT molecular complexity index is 314. The van der Waals surface area contributed by atoms with E-state index in [1.54, 1.807) is 12.1 Å². The van der Waals surface area contributed by atoms with Crippen LogP contribution < -0.4 is 5.32 Å². The van der Waals surface area contributed by atoms with Crippen LogP contribution in [0.1, 0.15) is 5.76 Å². The average molecular weight is 211 g/mol. The maximum atomic E-state index is 11.2. The summed E-state index contributed by atoms with van der Waals surface area (Å²) < 4.78 is 4.98. The maximum Gasteiger partial charge on any atom is 0.244 e. The molecule has 0 spiro atoms. The van der Waals surface area contributed by atoms with E-state index in [1.165, 1.54) is 18.4 Å². The van der Waals surface area contributed by atoms with E-state index in [2.05, 4.69) is 5.32 Å². The minimum Gasteiger partial charge on any atom is -0.465 e. The lowest BCUT2D eigenvalue weighted by molar-refractivity contribution is -0.117. The predicted octanol–water partition coefficient (Wildman–Crippen LogP) is -0.238. The van der Waals surface area contributed by atoms with Crippen molar-refractivity contribution in [1.82, 2.24) is 5.32 Å². The highest BCUT2D eigenvalue weighted by molar-refractivity contribution is 5.91. The van der Waals surface area contributed by atoms with Crippen LogP contribution in [-0.4, -0.2) is 35.4 Å². The Labute approximate surface area is 87.0 Å². The van der Waals surface area contributed by atoms with E-state index in [-0.39, 0.29) is 19.1 Å². The van der Waals surface area contributed by atoms with Crippen LogP contribution in [0.25, 0.3) is 6.08 Å². The molecule has 0 radical (unpaired) electrons. The summed E-state index contributed by atoms with van der Waals surface area (Å²) in [5.74, 6) is 0.175. The molecule has 5 heteroatoms. The summed E-state index contributed by atoms with van der Waals surface area (Å²) in [4.78, 5) is 11.2. The molecule has 0 atom stereocenters. The number of aliphatic hydroxyl groups excluding tert-OH is 2. The Morgan fingerprint density at radius 3 is 2.80 bits per heavy atom. The molecule has 0 aliphatic heterocycles. The highest BCUT2D eigenvalue weighted by Crippen LogP contribution is 2.01. The standard InChI is InChI=1S/C10H13NO4/c12-6-8(7-13)11-10(14)4-3-9-2-1-5-15-9/h1-5,8,12-13H,6-7H2,(H,11,14). The Hall–Kier alpha value is -1.59. The Morgan fingerprint density at radius 1 is 1.53 bits per heavy atom. The van der Waals surface area contributed by atoms with Crippen molar-refractivity contribution >= 4 is 12.0 Å². The molecule has 0 aromatic carbocycles. The lowest BCUT2D eigenvalue weighted by Gasteiger charge is -2.10. The van der Waals surface area contributed by atoms with Gasteiger partial charge < -0.3 is 19.9 Å². The third kappa shape index (κ3) is 3.97. The highest BCUT2D eigenvalue weighted by Gasteiger charge is 2.06. The monoisotopic (exact) mass is 211 g/mol. The third-order valence-electron chi connectivity index (χ3n) is 1.73. The molecule has 0 saturated heterocycles. The van der Waals surface area contributed by atoms with Gasteiger partial charge in [0.25, 0.3) is 0 Å². The summed E-state index contributed by atoms with van der Waals surface area (Å²) in [6.45, 7) is -0.590. The van der Waals surface area contributed by atoms with E-state index >= 15 is 0 Å². The zero-order chi connectivity index (χ0) is 11.1. The number of amides is 1. The molecule has 1 heterocycles. The van der Waals surface area contributed by atoms with Crippen molar-refractivity contribution in [2.45, 2.75) is 6.04 Å². The van der Waals surface area contributed by atoms with Crippen molar-refractivity contribution in [2.24, 2.45) is 0 Å². The molecule has 1 rings (SSSR count). The van der Waals surface area contributed by atoms with Crippen molar-refractivity contribution in [1.29, 1.82) is 0 Å². The van der Waals surface area contributed by atoms with E-state index in [9.17, 15) is 4.79 Å².